The lowest BCUT2D eigenvalue weighted by atomic mass is 10.0. The number of carbonyl (C=O) groups is 1. The summed E-state index contributed by atoms with van der Waals surface area (Å²) in [5, 5.41) is 9.59. The van der Waals surface area contributed by atoms with Crippen LogP contribution in [0.2, 0.25) is 0 Å². The molecule has 3 heterocycles. The van der Waals surface area contributed by atoms with Gasteiger partial charge in [-0.15, -0.1) is 0 Å². The molecule has 0 saturated carbocycles. The zero-order valence-corrected chi connectivity index (χ0v) is 17.7. The molecule has 1 atom stereocenters. The summed E-state index contributed by atoms with van der Waals surface area (Å²) in [5.74, 6) is 5.90. The number of hydrogen-bond acceptors (Lipinski definition) is 7. The summed E-state index contributed by atoms with van der Waals surface area (Å²) in [5.41, 5.74) is 4.53. The standard InChI is InChI=1S/C25H23N3O4/c1-31-25(30)20-8-10-27-23(14-20)22-7-6-18(4-5-19-3-2-9-26-15-19)13-24(22)28-11-12-32-21(16-28)17-29/h2-3,6-10,13-15,21,29H,11-12,16-17H2,1H3. The van der Waals surface area contributed by atoms with Gasteiger partial charge in [0.05, 0.1) is 37.7 Å². The van der Waals surface area contributed by atoms with E-state index in [1.54, 1.807) is 30.7 Å². The fraction of sp³-hybridized carbons (Fsp3) is 0.240. The van der Waals surface area contributed by atoms with Gasteiger partial charge in [-0.2, -0.15) is 0 Å². The van der Waals surface area contributed by atoms with Gasteiger partial charge in [-0.1, -0.05) is 11.8 Å². The van der Waals surface area contributed by atoms with Crippen LogP contribution >= 0.6 is 0 Å². The highest BCUT2D eigenvalue weighted by Crippen LogP contribution is 2.32. The maximum Gasteiger partial charge on any atom is 0.337 e. The molecule has 1 aliphatic heterocycles. The van der Waals surface area contributed by atoms with Gasteiger partial charge in [-0.25, -0.2) is 4.79 Å². The molecule has 7 heteroatoms. The molecule has 1 N–H and O–H groups in total. The molecule has 1 aliphatic rings. The van der Waals surface area contributed by atoms with E-state index in [1.807, 2.05) is 30.3 Å². The Morgan fingerprint density at radius 2 is 2.09 bits per heavy atom. The number of anilines is 1. The molecule has 7 nitrogen and oxygen atoms in total. The number of carbonyl (C=O) groups excluding carboxylic acids is 1. The van der Waals surface area contributed by atoms with Crippen LogP contribution in [0, 0.1) is 11.8 Å². The van der Waals surface area contributed by atoms with E-state index in [4.69, 9.17) is 9.47 Å². The molecule has 0 aliphatic carbocycles. The molecule has 0 bridgehead atoms. The van der Waals surface area contributed by atoms with Crippen LogP contribution in [0.5, 0.6) is 0 Å². The Morgan fingerprint density at radius 3 is 2.88 bits per heavy atom. The Bertz CT molecular complexity index is 1150. The molecule has 0 amide bonds. The summed E-state index contributed by atoms with van der Waals surface area (Å²) in [6.07, 6.45) is 4.76. The predicted molar refractivity (Wildman–Crippen MR) is 120 cm³/mol. The second-order valence-corrected chi connectivity index (χ2v) is 7.27. The van der Waals surface area contributed by atoms with Crippen molar-refractivity contribution < 1.29 is 19.4 Å². The number of rotatable bonds is 4. The summed E-state index contributed by atoms with van der Waals surface area (Å²) >= 11 is 0. The molecular weight excluding hydrogens is 406 g/mol. The minimum atomic E-state index is -0.416. The molecule has 2 aromatic heterocycles. The summed E-state index contributed by atoms with van der Waals surface area (Å²) in [7, 11) is 1.35. The largest absolute Gasteiger partial charge is 0.465 e. The fourth-order valence-electron chi connectivity index (χ4n) is 3.54. The van der Waals surface area contributed by atoms with E-state index in [0.29, 0.717) is 31.0 Å². The van der Waals surface area contributed by atoms with Crippen LogP contribution in [-0.4, -0.2) is 60.6 Å². The molecular formula is C25H23N3O4. The normalized spacial score (nSPS) is 15.6. The molecule has 4 rings (SSSR count). The molecule has 1 unspecified atom stereocenters. The Balaban J connectivity index is 1.76. The van der Waals surface area contributed by atoms with Crippen molar-refractivity contribution in [1.29, 1.82) is 0 Å². The monoisotopic (exact) mass is 429 g/mol. The molecule has 1 fully saturated rings. The number of aromatic nitrogens is 2. The Kier molecular flexibility index (Phi) is 6.75. The van der Waals surface area contributed by atoms with Crippen molar-refractivity contribution in [2.75, 3.05) is 38.3 Å². The number of morpholine rings is 1. The Labute approximate surface area is 186 Å². The summed E-state index contributed by atoms with van der Waals surface area (Å²) in [6.45, 7) is 1.66. The fourth-order valence-corrected chi connectivity index (χ4v) is 3.54. The average Bonchev–Trinajstić information content (AvgIpc) is 2.87. The van der Waals surface area contributed by atoms with Crippen molar-refractivity contribution in [3.63, 3.8) is 0 Å². The van der Waals surface area contributed by atoms with Crippen LogP contribution in [0.1, 0.15) is 21.5 Å². The van der Waals surface area contributed by atoms with Gasteiger partial charge in [-0.05, 0) is 42.5 Å². The number of ether oxygens (including phenoxy) is 2. The Morgan fingerprint density at radius 1 is 1.22 bits per heavy atom. The van der Waals surface area contributed by atoms with E-state index >= 15 is 0 Å². The van der Waals surface area contributed by atoms with Crippen LogP contribution < -0.4 is 4.90 Å². The van der Waals surface area contributed by atoms with Gasteiger partial charge in [0, 0.05) is 54.1 Å². The first-order valence-corrected chi connectivity index (χ1v) is 10.3. The van der Waals surface area contributed by atoms with Gasteiger partial charge in [0.2, 0.25) is 0 Å². The van der Waals surface area contributed by atoms with Crippen LogP contribution in [0.4, 0.5) is 5.69 Å². The first-order chi connectivity index (χ1) is 15.7. The van der Waals surface area contributed by atoms with Crippen molar-refractivity contribution in [1.82, 2.24) is 9.97 Å². The molecule has 1 aromatic carbocycles. The summed E-state index contributed by atoms with van der Waals surface area (Å²) < 4.78 is 10.5. The third kappa shape index (κ3) is 4.94. The lowest BCUT2D eigenvalue weighted by Gasteiger charge is -2.35. The lowest BCUT2D eigenvalue weighted by Crippen LogP contribution is -2.44. The number of aliphatic hydroxyl groups is 1. The number of pyridine rings is 2. The van der Waals surface area contributed by atoms with E-state index in [9.17, 15) is 9.90 Å². The molecule has 3 aromatic rings. The van der Waals surface area contributed by atoms with Crippen molar-refractivity contribution in [2.45, 2.75) is 6.10 Å². The maximum atomic E-state index is 12.0. The molecule has 162 valence electrons. The number of benzene rings is 1. The minimum absolute atomic E-state index is 0.0532. The Hall–Kier alpha value is -3.73. The average molecular weight is 429 g/mol. The molecule has 32 heavy (non-hydrogen) atoms. The maximum absolute atomic E-state index is 12.0. The number of esters is 1. The van der Waals surface area contributed by atoms with E-state index in [2.05, 4.69) is 26.7 Å². The van der Waals surface area contributed by atoms with Crippen LogP contribution in [-0.2, 0) is 9.47 Å². The smallest absolute Gasteiger partial charge is 0.337 e. The second kappa shape index (κ2) is 10.1. The van der Waals surface area contributed by atoms with Gasteiger partial charge in [0.1, 0.15) is 0 Å². The number of hydrogen-bond donors (Lipinski definition) is 1. The summed E-state index contributed by atoms with van der Waals surface area (Å²) in [6, 6.07) is 13.0. The highest BCUT2D eigenvalue weighted by atomic mass is 16.5. The van der Waals surface area contributed by atoms with Crippen molar-refractivity contribution in [3.8, 4) is 23.1 Å². The van der Waals surface area contributed by atoms with Crippen LogP contribution in [0.15, 0.2) is 61.1 Å². The first kappa shape index (κ1) is 21.5. The van der Waals surface area contributed by atoms with Gasteiger partial charge in [-0.3, -0.25) is 9.97 Å². The minimum Gasteiger partial charge on any atom is -0.465 e. The molecule has 0 radical (unpaired) electrons. The summed E-state index contributed by atoms with van der Waals surface area (Å²) in [4.78, 5) is 22.7. The van der Waals surface area contributed by atoms with Crippen molar-refractivity contribution >= 4 is 11.7 Å². The van der Waals surface area contributed by atoms with Gasteiger partial charge >= 0.3 is 5.97 Å². The zero-order chi connectivity index (χ0) is 22.3. The van der Waals surface area contributed by atoms with Crippen molar-refractivity contribution in [3.05, 3.63) is 77.7 Å². The van der Waals surface area contributed by atoms with Gasteiger partial charge < -0.3 is 19.5 Å². The lowest BCUT2D eigenvalue weighted by molar-refractivity contribution is 0.00359. The highest BCUT2D eigenvalue weighted by Gasteiger charge is 2.23. The quantitative estimate of drug-likeness (QED) is 0.504. The number of nitrogens with zero attached hydrogens (tertiary/aromatic N) is 3. The second-order valence-electron chi connectivity index (χ2n) is 7.27. The van der Waals surface area contributed by atoms with Crippen LogP contribution in [0.25, 0.3) is 11.3 Å². The number of aliphatic hydroxyl groups excluding tert-OH is 1. The highest BCUT2D eigenvalue weighted by molar-refractivity contribution is 5.91. The third-order valence-corrected chi connectivity index (χ3v) is 5.15. The van der Waals surface area contributed by atoms with E-state index in [-0.39, 0.29) is 12.7 Å². The topological polar surface area (TPSA) is 84.8 Å². The molecule has 1 saturated heterocycles. The van der Waals surface area contributed by atoms with Crippen LogP contribution in [0.3, 0.4) is 0 Å². The van der Waals surface area contributed by atoms with E-state index in [0.717, 1.165) is 22.4 Å². The van der Waals surface area contributed by atoms with Crippen molar-refractivity contribution in [2.24, 2.45) is 0 Å². The van der Waals surface area contributed by atoms with E-state index < -0.39 is 5.97 Å². The number of methoxy groups -OCH3 is 1. The predicted octanol–water partition coefficient (Wildman–Crippen LogP) is 2.53. The zero-order valence-electron chi connectivity index (χ0n) is 17.7. The third-order valence-electron chi connectivity index (χ3n) is 5.15. The van der Waals surface area contributed by atoms with Gasteiger partial charge in [0.25, 0.3) is 0 Å². The first-order valence-electron chi connectivity index (χ1n) is 10.3. The SMILES string of the molecule is COC(=O)c1ccnc(-c2ccc(C#Cc3cccnc3)cc2N2CCOC(CO)C2)c1. The molecule has 0 spiro atoms. The van der Waals surface area contributed by atoms with E-state index in [1.165, 1.54) is 7.11 Å². The van der Waals surface area contributed by atoms with Gasteiger partial charge in [0.15, 0.2) is 0 Å².